The lowest BCUT2D eigenvalue weighted by Crippen LogP contribution is -2.37. The molecular weight excluding hydrogens is 226 g/mol. The Morgan fingerprint density at radius 1 is 1.50 bits per heavy atom. The molecule has 1 saturated carbocycles. The third-order valence-electron chi connectivity index (χ3n) is 3.53. The Balaban J connectivity index is 2.14. The Morgan fingerprint density at radius 2 is 2.28 bits per heavy atom. The molecule has 1 aliphatic carbocycles. The van der Waals surface area contributed by atoms with Gasteiger partial charge in [0.25, 0.3) is 0 Å². The maximum atomic E-state index is 5.99. The van der Waals surface area contributed by atoms with Crippen molar-refractivity contribution in [3.8, 4) is 0 Å². The predicted octanol–water partition coefficient (Wildman–Crippen LogP) is 2.28. The van der Waals surface area contributed by atoms with Crippen molar-refractivity contribution in [2.75, 3.05) is 13.2 Å². The summed E-state index contributed by atoms with van der Waals surface area (Å²) in [5.41, 5.74) is 0. The number of aromatic nitrogens is 2. The summed E-state index contributed by atoms with van der Waals surface area (Å²) in [6.07, 6.45) is 7.85. The molecule has 0 saturated heterocycles. The highest BCUT2D eigenvalue weighted by molar-refractivity contribution is 5.05. The molecule has 0 aromatic carbocycles. The van der Waals surface area contributed by atoms with Crippen LogP contribution in [-0.4, -0.2) is 28.8 Å². The number of nitrogens with zero attached hydrogens (tertiary/aromatic N) is 2. The van der Waals surface area contributed by atoms with Crippen LogP contribution in [0.2, 0.25) is 0 Å². The highest BCUT2D eigenvalue weighted by Gasteiger charge is 2.39. The number of hydrogen-bond donors (Lipinski definition) is 1. The molecule has 0 radical (unpaired) electrons. The summed E-state index contributed by atoms with van der Waals surface area (Å²) < 4.78 is 8.09. The van der Waals surface area contributed by atoms with E-state index < -0.39 is 0 Å². The molecule has 2 atom stereocenters. The molecule has 1 N–H and O–H groups in total. The first kappa shape index (κ1) is 13.6. The molecule has 1 aromatic heterocycles. The van der Waals surface area contributed by atoms with Crippen molar-refractivity contribution in [3.63, 3.8) is 0 Å². The minimum atomic E-state index is 0.220. The van der Waals surface area contributed by atoms with Crippen LogP contribution in [0.15, 0.2) is 12.4 Å². The zero-order valence-corrected chi connectivity index (χ0v) is 11.7. The minimum Gasteiger partial charge on any atom is -0.376 e. The summed E-state index contributed by atoms with van der Waals surface area (Å²) in [6, 6.07) is 0.220. The number of imidazole rings is 1. The lowest BCUT2D eigenvalue weighted by molar-refractivity contribution is 0.0157. The van der Waals surface area contributed by atoms with E-state index in [9.17, 15) is 0 Å². The fraction of sp³-hybridized carbons (Fsp3) is 0.786. The molecule has 1 aromatic rings. The number of aryl methyl sites for hydroxylation is 1. The van der Waals surface area contributed by atoms with Crippen molar-refractivity contribution < 1.29 is 4.74 Å². The summed E-state index contributed by atoms with van der Waals surface area (Å²) in [4.78, 5) is 4.50. The third-order valence-corrected chi connectivity index (χ3v) is 3.53. The summed E-state index contributed by atoms with van der Waals surface area (Å²) in [5.74, 6) is 1.80. The molecular formula is C14H25N3O. The number of nitrogens with one attached hydrogen (secondary N) is 1. The lowest BCUT2D eigenvalue weighted by atomic mass is 10.1. The quantitative estimate of drug-likeness (QED) is 0.770. The van der Waals surface area contributed by atoms with Crippen LogP contribution in [0.3, 0.4) is 0 Å². The van der Waals surface area contributed by atoms with Gasteiger partial charge in [0.15, 0.2) is 0 Å². The van der Waals surface area contributed by atoms with Gasteiger partial charge in [-0.2, -0.15) is 0 Å². The molecule has 2 unspecified atom stereocenters. The normalized spacial score (nSPS) is 18.8. The van der Waals surface area contributed by atoms with Crippen LogP contribution in [0.5, 0.6) is 0 Å². The van der Waals surface area contributed by atoms with Gasteiger partial charge in [-0.25, -0.2) is 4.98 Å². The van der Waals surface area contributed by atoms with Crippen LogP contribution in [-0.2, 0) is 11.8 Å². The molecule has 0 aliphatic heterocycles. The number of ether oxygens (including phenoxy) is 1. The van der Waals surface area contributed by atoms with E-state index >= 15 is 0 Å². The molecule has 18 heavy (non-hydrogen) atoms. The monoisotopic (exact) mass is 251 g/mol. The molecule has 1 heterocycles. The average Bonchev–Trinajstić information content (AvgIpc) is 3.12. The zero-order valence-electron chi connectivity index (χ0n) is 11.7. The molecule has 2 rings (SSSR count). The zero-order chi connectivity index (χ0) is 13.0. The lowest BCUT2D eigenvalue weighted by Gasteiger charge is -2.27. The van der Waals surface area contributed by atoms with Gasteiger partial charge in [0.2, 0.25) is 0 Å². The minimum absolute atomic E-state index is 0.220. The van der Waals surface area contributed by atoms with Crippen LogP contribution in [0.4, 0.5) is 0 Å². The van der Waals surface area contributed by atoms with Gasteiger partial charge in [-0.1, -0.05) is 6.92 Å². The van der Waals surface area contributed by atoms with E-state index in [0.29, 0.717) is 5.92 Å². The molecule has 0 bridgehead atoms. The van der Waals surface area contributed by atoms with Gasteiger partial charge in [0.05, 0.1) is 12.1 Å². The summed E-state index contributed by atoms with van der Waals surface area (Å²) in [7, 11) is 2.05. The second kappa shape index (κ2) is 6.34. The highest BCUT2D eigenvalue weighted by Crippen LogP contribution is 2.39. The van der Waals surface area contributed by atoms with E-state index in [0.717, 1.165) is 25.4 Å². The van der Waals surface area contributed by atoms with E-state index in [1.54, 1.807) is 0 Å². The smallest absolute Gasteiger partial charge is 0.128 e. The van der Waals surface area contributed by atoms with Crippen LogP contribution in [0.1, 0.15) is 45.0 Å². The van der Waals surface area contributed by atoms with E-state index in [4.69, 9.17) is 4.74 Å². The number of rotatable bonds is 8. The van der Waals surface area contributed by atoms with Gasteiger partial charge in [0, 0.05) is 26.0 Å². The largest absolute Gasteiger partial charge is 0.376 e. The topological polar surface area (TPSA) is 39.1 Å². The van der Waals surface area contributed by atoms with Gasteiger partial charge in [0.1, 0.15) is 5.82 Å². The van der Waals surface area contributed by atoms with Crippen LogP contribution in [0, 0.1) is 5.92 Å². The first-order chi connectivity index (χ1) is 8.77. The maximum Gasteiger partial charge on any atom is 0.128 e. The van der Waals surface area contributed by atoms with Crippen LogP contribution >= 0.6 is 0 Å². The van der Waals surface area contributed by atoms with Crippen LogP contribution < -0.4 is 5.32 Å². The standard InChI is InChI=1S/C14H25N3O/c1-4-8-15-12(14-16-9-10-17(14)3)13(18-5-2)11-6-7-11/h9-13,15H,4-8H2,1-3H3. The Hall–Kier alpha value is -0.870. The first-order valence-electron chi connectivity index (χ1n) is 7.10. The Labute approximate surface area is 110 Å². The third kappa shape index (κ3) is 3.12. The second-order valence-corrected chi connectivity index (χ2v) is 5.09. The summed E-state index contributed by atoms with van der Waals surface area (Å²) in [5, 5.41) is 3.61. The molecule has 0 amide bonds. The molecule has 1 fully saturated rings. The highest BCUT2D eigenvalue weighted by atomic mass is 16.5. The molecule has 4 nitrogen and oxygen atoms in total. The predicted molar refractivity (Wildman–Crippen MR) is 72.4 cm³/mol. The van der Waals surface area contributed by atoms with Gasteiger partial charge >= 0.3 is 0 Å². The van der Waals surface area contributed by atoms with E-state index in [2.05, 4.69) is 35.8 Å². The number of hydrogen-bond acceptors (Lipinski definition) is 3. The van der Waals surface area contributed by atoms with Crippen molar-refractivity contribution >= 4 is 0 Å². The average molecular weight is 251 g/mol. The molecule has 1 aliphatic rings. The van der Waals surface area contributed by atoms with Gasteiger partial charge in [-0.05, 0) is 38.6 Å². The van der Waals surface area contributed by atoms with E-state index in [1.165, 1.54) is 12.8 Å². The molecule has 0 spiro atoms. The van der Waals surface area contributed by atoms with Crippen molar-refractivity contribution in [2.24, 2.45) is 13.0 Å². The van der Waals surface area contributed by atoms with Crippen molar-refractivity contribution in [2.45, 2.75) is 45.3 Å². The summed E-state index contributed by atoms with van der Waals surface area (Å²) >= 11 is 0. The molecule has 4 heteroatoms. The fourth-order valence-corrected chi connectivity index (χ4v) is 2.45. The first-order valence-corrected chi connectivity index (χ1v) is 7.10. The molecule has 102 valence electrons. The fourth-order valence-electron chi connectivity index (χ4n) is 2.45. The van der Waals surface area contributed by atoms with E-state index in [-0.39, 0.29) is 12.1 Å². The maximum absolute atomic E-state index is 5.99. The Kier molecular flexibility index (Phi) is 4.78. The van der Waals surface area contributed by atoms with Crippen molar-refractivity contribution in [1.29, 1.82) is 0 Å². The van der Waals surface area contributed by atoms with Crippen molar-refractivity contribution in [3.05, 3.63) is 18.2 Å². The second-order valence-electron chi connectivity index (χ2n) is 5.09. The van der Waals surface area contributed by atoms with E-state index in [1.807, 2.05) is 12.4 Å². The van der Waals surface area contributed by atoms with Gasteiger partial charge < -0.3 is 14.6 Å². The Morgan fingerprint density at radius 3 is 2.78 bits per heavy atom. The van der Waals surface area contributed by atoms with Gasteiger partial charge in [-0.3, -0.25) is 0 Å². The SMILES string of the molecule is CCCNC(c1nccn1C)C(OCC)C1CC1. The Bertz CT molecular complexity index is 360. The van der Waals surface area contributed by atoms with Crippen LogP contribution in [0.25, 0.3) is 0 Å². The summed E-state index contributed by atoms with van der Waals surface area (Å²) in [6.45, 7) is 6.05. The van der Waals surface area contributed by atoms with Gasteiger partial charge in [-0.15, -0.1) is 0 Å². The van der Waals surface area contributed by atoms with Crippen molar-refractivity contribution in [1.82, 2.24) is 14.9 Å².